The first kappa shape index (κ1) is 11.5. The number of rotatable bonds is 4. The van der Waals surface area contributed by atoms with Crippen molar-refractivity contribution in [2.45, 2.75) is 12.5 Å². The third kappa shape index (κ3) is 3.27. The van der Waals surface area contributed by atoms with Crippen LogP contribution in [0.25, 0.3) is 0 Å². The van der Waals surface area contributed by atoms with Crippen molar-refractivity contribution in [1.29, 1.82) is 0 Å². The van der Waals surface area contributed by atoms with Gasteiger partial charge in [-0.05, 0) is 36.1 Å². The maximum atomic E-state index is 12.8. The summed E-state index contributed by atoms with van der Waals surface area (Å²) in [5.74, 6) is -0.251. The fourth-order valence-electron chi connectivity index (χ4n) is 1.20. The second-order valence-electron chi connectivity index (χ2n) is 3.09. The molecule has 0 heterocycles. The molecule has 1 aromatic rings. The van der Waals surface area contributed by atoms with Crippen molar-refractivity contribution in [3.05, 3.63) is 35.4 Å². The van der Waals surface area contributed by atoms with Crippen LogP contribution in [0.4, 0.5) is 8.78 Å². The van der Waals surface area contributed by atoms with Gasteiger partial charge in [-0.2, -0.15) is 11.8 Å². The van der Waals surface area contributed by atoms with Crippen molar-refractivity contribution in [3.63, 3.8) is 0 Å². The molecule has 0 radical (unpaired) electrons. The Hall–Kier alpha value is -0.610. The van der Waals surface area contributed by atoms with Gasteiger partial charge in [0.05, 0.1) is 0 Å². The standard InChI is InChI=1S/C10H13F2NS/c1-14-3-2-10(13)7-4-8(11)6-9(12)5-7/h4-6,10H,2-3,13H2,1H3. The molecule has 0 amide bonds. The van der Waals surface area contributed by atoms with Gasteiger partial charge in [0, 0.05) is 12.1 Å². The fraction of sp³-hybridized carbons (Fsp3) is 0.400. The van der Waals surface area contributed by atoms with Gasteiger partial charge < -0.3 is 5.73 Å². The average Bonchev–Trinajstić information content (AvgIpc) is 2.12. The lowest BCUT2D eigenvalue weighted by atomic mass is 10.1. The Morgan fingerprint density at radius 3 is 2.36 bits per heavy atom. The van der Waals surface area contributed by atoms with Crippen LogP contribution in [0.3, 0.4) is 0 Å². The molecule has 1 nitrogen and oxygen atoms in total. The Morgan fingerprint density at radius 2 is 1.86 bits per heavy atom. The highest BCUT2D eigenvalue weighted by Crippen LogP contribution is 2.18. The predicted molar refractivity (Wildman–Crippen MR) is 56.3 cm³/mol. The van der Waals surface area contributed by atoms with Gasteiger partial charge in [-0.1, -0.05) is 0 Å². The zero-order valence-electron chi connectivity index (χ0n) is 7.97. The first-order chi connectivity index (χ1) is 6.63. The molecule has 1 rings (SSSR count). The Kier molecular flexibility index (Phi) is 4.35. The summed E-state index contributed by atoms with van der Waals surface area (Å²) in [7, 11) is 0. The van der Waals surface area contributed by atoms with Gasteiger partial charge in [0.25, 0.3) is 0 Å². The Balaban J connectivity index is 2.73. The molecule has 0 saturated carbocycles. The number of halogens is 2. The van der Waals surface area contributed by atoms with Crippen molar-refractivity contribution in [1.82, 2.24) is 0 Å². The first-order valence-corrected chi connectivity index (χ1v) is 5.73. The van der Waals surface area contributed by atoms with Gasteiger partial charge in [0.15, 0.2) is 0 Å². The number of benzene rings is 1. The SMILES string of the molecule is CSCCC(N)c1cc(F)cc(F)c1. The van der Waals surface area contributed by atoms with E-state index in [1.807, 2.05) is 6.26 Å². The first-order valence-electron chi connectivity index (χ1n) is 4.34. The fourth-order valence-corrected chi connectivity index (χ4v) is 1.69. The molecule has 0 aliphatic heterocycles. The minimum Gasteiger partial charge on any atom is -0.324 e. The summed E-state index contributed by atoms with van der Waals surface area (Å²) in [6.45, 7) is 0. The quantitative estimate of drug-likeness (QED) is 0.839. The topological polar surface area (TPSA) is 26.0 Å². The van der Waals surface area contributed by atoms with E-state index in [4.69, 9.17) is 5.73 Å². The zero-order chi connectivity index (χ0) is 10.6. The van der Waals surface area contributed by atoms with Crippen LogP contribution in [0, 0.1) is 11.6 Å². The largest absolute Gasteiger partial charge is 0.324 e. The van der Waals surface area contributed by atoms with Gasteiger partial charge in [-0.25, -0.2) is 8.78 Å². The van der Waals surface area contributed by atoms with E-state index in [1.165, 1.54) is 12.1 Å². The van der Waals surface area contributed by atoms with Crippen molar-refractivity contribution >= 4 is 11.8 Å². The summed E-state index contributed by atoms with van der Waals surface area (Å²) < 4.78 is 25.6. The van der Waals surface area contributed by atoms with Crippen LogP contribution >= 0.6 is 11.8 Å². The van der Waals surface area contributed by atoms with E-state index in [9.17, 15) is 8.78 Å². The van der Waals surface area contributed by atoms with E-state index < -0.39 is 11.6 Å². The lowest BCUT2D eigenvalue weighted by Gasteiger charge is -2.11. The van der Waals surface area contributed by atoms with E-state index in [2.05, 4.69) is 0 Å². The number of thioether (sulfide) groups is 1. The lowest BCUT2D eigenvalue weighted by Crippen LogP contribution is -2.11. The van der Waals surface area contributed by atoms with Crippen LogP contribution in [0.5, 0.6) is 0 Å². The zero-order valence-corrected chi connectivity index (χ0v) is 8.78. The van der Waals surface area contributed by atoms with Crippen LogP contribution in [0.2, 0.25) is 0 Å². The second-order valence-corrected chi connectivity index (χ2v) is 4.08. The van der Waals surface area contributed by atoms with E-state index in [1.54, 1.807) is 11.8 Å². The van der Waals surface area contributed by atoms with E-state index in [0.717, 1.165) is 18.2 Å². The molecule has 0 fully saturated rings. The molecule has 2 N–H and O–H groups in total. The maximum Gasteiger partial charge on any atom is 0.126 e. The summed E-state index contributed by atoms with van der Waals surface area (Å²) in [5.41, 5.74) is 6.30. The van der Waals surface area contributed by atoms with Crippen LogP contribution < -0.4 is 5.73 Å². The number of nitrogens with two attached hydrogens (primary N) is 1. The molecule has 0 bridgehead atoms. The second kappa shape index (κ2) is 5.32. The highest BCUT2D eigenvalue weighted by molar-refractivity contribution is 7.98. The molecule has 0 aliphatic carbocycles. The smallest absolute Gasteiger partial charge is 0.126 e. The highest BCUT2D eigenvalue weighted by Gasteiger charge is 2.08. The third-order valence-electron chi connectivity index (χ3n) is 1.95. The highest BCUT2D eigenvalue weighted by atomic mass is 32.2. The number of hydrogen-bond acceptors (Lipinski definition) is 2. The molecule has 4 heteroatoms. The minimum absolute atomic E-state index is 0.285. The summed E-state index contributed by atoms with van der Waals surface area (Å²) in [5, 5.41) is 0. The Bertz CT molecular complexity index is 284. The van der Waals surface area contributed by atoms with Gasteiger partial charge in [0.2, 0.25) is 0 Å². The predicted octanol–water partition coefficient (Wildman–Crippen LogP) is 2.72. The van der Waals surface area contributed by atoms with Crippen molar-refractivity contribution in [2.24, 2.45) is 5.73 Å². The molecule has 0 spiro atoms. The summed E-state index contributed by atoms with van der Waals surface area (Å²) in [4.78, 5) is 0. The van der Waals surface area contributed by atoms with Gasteiger partial charge >= 0.3 is 0 Å². The third-order valence-corrected chi connectivity index (χ3v) is 2.59. The molecule has 78 valence electrons. The summed E-state index contributed by atoms with van der Waals surface area (Å²) >= 11 is 1.67. The van der Waals surface area contributed by atoms with Crippen LogP contribution in [-0.2, 0) is 0 Å². The van der Waals surface area contributed by atoms with E-state index in [-0.39, 0.29) is 6.04 Å². The molecule has 0 saturated heterocycles. The molecule has 1 aromatic carbocycles. The van der Waals surface area contributed by atoms with Crippen LogP contribution in [0.15, 0.2) is 18.2 Å². The summed E-state index contributed by atoms with van der Waals surface area (Å²) in [6.07, 6.45) is 2.70. The molecule has 1 unspecified atom stereocenters. The van der Waals surface area contributed by atoms with E-state index in [0.29, 0.717) is 5.56 Å². The molecule has 14 heavy (non-hydrogen) atoms. The Morgan fingerprint density at radius 1 is 1.29 bits per heavy atom. The lowest BCUT2D eigenvalue weighted by molar-refractivity contribution is 0.572. The molecular weight excluding hydrogens is 204 g/mol. The Labute approximate surface area is 86.7 Å². The molecular formula is C10H13F2NS. The van der Waals surface area contributed by atoms with Crippen molar-refractivity contribution in [2.75, 3.05) is 12.0 Å². The van der Waals surface area contributed by atoms with Gasteiger partial charge in [-0.15, -0.1) is 0 Å². The minimum atomic E-state index is -0.570. The average molecular weight is 217 g/mol. The molecule has 0 aromatic heterocycles. The monoisotopic (exact) mass is 217 g/mol. The van der Waals surface area contributed by atoms with Crippen molar-refractivity contribution < 1.29 is 8.78 Å². The van der Waals surface area contributed by atoms with Crippen LogP contribution in [0.1, 0.15) is 18.0 Å². The molecule has 0 aliphatic rings. The van der Waals surface area contributed by atoms with Gasteiger partial charge in [-0.3, -0.25) is 0 Å². The van der Waals surface area contributed by atoms with Gasteiger partial charge in [0.1, 0.15) is 11.6 Å². The van der Waals surface area contributed by atoms with E-state index >= 15 is 0 Å². The summed E-state index contributed by atoms with van der Waals surface area (Å²) in [6, 6.07) is 3.14. The normalized spacial score (nSPS) is 12.9. The molecule has 1 atom stereocenters. The number of hydrogen-bond donors (Lipinski definition) is 1. The maximum absolute atomic E-state index is 12.8. The van der Waals surface area contributed by atoms with Crippen molar-refractivity contribution in [3.8, 4) is 0 Å². The van der Waals surface area contributed by atoms with Crippen LogP contribution in [-0.4, -0.2) is 12.0 Å².